The van der Waals surface area contributed by atoms with E-state index in [1.807, 2.05) is 44.2 Å². The SMILES string of the molecule is C.CC(=O)CC(C)CC(C)=O.CC(=O)CC(O)CC(C)=O.CC(=O)C[C@H](C)CC(=O)O.CC(=O)C[C@H](O)CC(=O)NC(C)c1ccccc1.[B]. The van der Waals surface area contributed by atoms with E-state index in [1.165, 1.54) is 27.7 Å². The zero-order chi connectivity index (χ0) is 38.0. The first-order chi connectivity index (χ1) is 22.0. The largest absolute Gasteiger partial charge is 0.481 e. The summed E-state index contributed by atoms with van der Waals surface area (Å²) in [7, 11) is 0. The van der Waals surface area contributed by atoms with Crippen molar-refractivity contribution in [1.29, 1.82) is 0 Å². The molecule has 1 unspecified atom stereocenters. The highest BCUT2D eigenvalue weighted by molar-refractivity contribution is 5.81. The lowest BCUT2D eigenvalue weighted by molar-refractivity contribution is -0.138. The van der Waals surface area contributed by atoms with Crippen LogP contribution in [-0.2, 0) is 38.4 Å². The van der Waals surface area contributed by atoms with Crippen molar-refractivity contribution in [2.75, 3.05) is 0 Å². The van der Waals surface area contributed by atoms with Gasteiger partial charge in [-0.15, -0.1) is 0 Å². The molecule has 50 heavy (non-hydrogen) atoms. The van der Waals surface area contributed by atoms with Gasteiger partial charge < -0.3 is 35.0 Å². The van der Waals surface area contributed by atoms with Crippen molar-refractivity contribution in [2.45, 2.75) is 139 Å². The van der Waals surface area contributed by atoms with Crippen molar-refractivity contribution in [2.24, 2.45) is 11.8 Å². The first-order valence-electron chi connectivity index (χ1n) is 15.9. The maximum absolute atomic E-state index is 11.6. The molecule has 0 aliphatic carbocycles. The average Bonchev–Trinajstić information content (AvgIpc) is 2.86. The van der Waals surface area contributed by atoms with Gasteiger partial charge in [-0.25, -0.2) is 0 Å². The highest BCUT2D eigenvalue weighted by atomic mass is 16.4. The van der Waals surface area contributed by atoms with Gasteiger partial charge in [-0.2, -0.15) is 0 Å². The third kappa shape index (κ3) is 42.2. The van der Waals surface area contributed by atoms with E-state index in [4.69, 9.17) is 10.2 Å². The summed E-state index contributed by atoms with van der Waals surface area (Å²) in [6, 6.07) is 9.47. The minimum atomic E-state index is -0.898. The van der Waals surface area contributed by atoms with E-state index in [1.54, 1.807) is 20.8 Å². The van der Waals surface area contributed by atoms with Crippen LogP contribution < -0.4 is 5.32 Å². The second-order valence-corrected chi connectivity index (χ2v) is 12.5. The molecule has 0 heterocycles. The van der Waals surface area contributed by atoms with E-state index in [2.05, 4.69) is 5.32 Å². The van der Waals surface area contributed by atoms with Gasteiger partial charge in [-0.1, -0.05) is 51.6 Å². The molecule has 0 aliphatic rings. The van der Waals surface area contributed by atoms with E-state index in [9.17, 15) is 43.5 Å². The van der Waals surface area contributed by atoms with Crippen molar-refractivity contribution in [3.63, 3.8) is 0 Å². The van der Waals surface area contributed by atoms with Crippen LogP contribution in [0.2, 0.25) is 0 Å². The summed E-state index contributed by atoms with van der Waals surface area (Å²) in [5, 5.41) is 29.5. The number of carbonyl (C=O) groups excluding carboxylic acids is 7. The molecule has 3 atom stereocenters. The Bertz CT molecular complexity index is 1040. The highest BCUT2D eigenvalue weighted by Gasteiger charge is 2.15. The lowest BCUT2D eigenvalue weighted by Gasteiger charge is -2.15. The molecule has 0 aliphatic heterocycles. The molecular formula is C37H61BNO11. The maximum Gasteiger partial charge on any atom is 0.303 e. The van der Waals surface area contributed by atoms with Gasteiger partial charge in [0.2, 0.25) is 5.91 Å². The normalized spacial score (nSPS) is 11.5. The van der Waals surface area contributed by atoms with Crippen molar-refractivity contribution in [1.82, 2.24) is 5.32 Å². The van der Waals surface area contributed by atoms with Gasteiger partial charge in [0.1, 0.15) is 34.7 Å². The maximum atomic E-state index is 11.6. The number of hydrogen-bond donors (Lipinski definition) is 4. The number of benzene rings is 1. The molecule has 0 spiro atoms. The van der Waals surface area contributed by atoms with Crippen LogP contribution in [0.15, 0.2) is 30.3 Å². The fraction of sp³-hybridized carbons (Fsp3) is 0.622. The fourth-order valence-corrected chi connectivity index (χ4v) is 4.39. The number of carboxylic acids is 1. The number of carbonyl (C=O) groups is 8. The molecule has 0 fully saturated rings. The van der Waals surface area contributed by atoms with E-state index < -0.39 is 18.2 Å². The lowest BCUT2D eigenvalue weighted by Crippen LogP contribution is -2.30. The number of rotatable bonds is 18. The molecular weight excluding hydrogens is 645 g/mol. The third-order valence-corrected chi connectivity index (χ3v) is 6.10. The quantitative estimate of drug-likeness (QED) is 0.152. The summed E-state index contributed by atoms with van der Waals surface area (Å²) >= 11 is 0. The molecule has 0 saturated carbocycles. The Kier molecular flexibility index (Phi) is 36.0. The van der Waals surface area contributed by atoms with Crippen LogP contribution in [0, 0.1) is 11.8 Å². The van der Waals surface area contributed by atoms with Crippen LogP contribution in [0.1, 0.15) is 133 Å². The predicted octanol–water partition coefficient (Wildman–Crippen LogP) is 4.81. The number of nitrogens with one attached hydrogen (secondary N) is 1. The average molecular weight is 707 g/mol. The van der Waals surface area contributed by atoms with Crippen molar-refractivity contribution >= 4 is 55.0 Å². The van der Waals surface area contributed by atoms with E-state index in [-0.39, 0.29) is 106 Å². The molecule has 1 aromatic rings. The molecule has 1 rings (SSSR count). The second kappa shape index (κ2) is 32.4. The first kappa shape index (κ1) is 55.6. The number of ketones is 6. The Hall–Kier alpha value is -3.84. The van der Waals surface area contributed by atoms with Crippen molar-refractivity contribution in [3.8, 4) is 0 Å². The molecule has 3 radical (unpaired) electrons. The van der Waals surface area contributed by atoms with Gasteiger partial charge >= 0.3 is 5.97 Å². The molecule has 12 nitrogen and oxygen atoms in total. The molecule has 0 saturated heterocycles. The monoisotopic (exact) mass is 706 g/mol. The molecule has 1 aromatic carbocycles. The summed E-state index contributed by atoms with van der Waals surface area (Å²) in [6.07, 6.45) is -0.0332. The molecule has 283 valence electrons. The molecule has 1 amide bonds. The Morgan fingerprint density at radius 2 is 0.840 bits per heavy atom. The number of carboxylic acid groups (broad SMARTS) is 1. The Morgan fingerprint density at radius 3 is 1.14 bits per heavy atom. The number of aliphatic hydroxyl groups excluding tert-OH is 2. The summed E-state index contributed by atoms with van der Waals surface area (Å²) < 4.78 is 0. The minimum absolute atomic E-state index is 0. The van der Waals surface area contributed by atoms with E-state index >= 15 is 0 Å². The predicted molar refractivity (Wildman–Crippen MR) is 194 cm³/mol. The van der Waals surface area contributed by atoms with E-state index in [0.717, 1.165) is 5.56 Å². The van der Waals surface area contributed by atoms with Gasteiger partial charge in [-0.05, 0) is 65.9 Å². The Balaban J connectivity index is -0.000000186. The summed E-state index contributed by atoms with van der Waals surface area (Å²) in [5.41, 5.74) is 1.01. The van der Waals surface area contributed by atoms with E-state index in [0.29, 0.717) is 19.3 Å². The molecule has 4 N–H and O–H groups in total. The molecule has 13 heteroatoms. The lowest BCUT2D eigenvalue weighted by atomic mass is 10.00. The van der Waals surface area contributed by atoms with Crippen LogP contribution in [0.25, 0.3) is 0 Å². The van der Waals surface area contributed by atoms with Gasteiger partial charge in [0.15, 0.2) is 0 Å². The van der Waals surface area contributed by atoms with Crippen molar-refractivity contribution < 1.29 is 53.7 Å². The number of aliphatic hydroxyl groups is 2. The van der Waals surface area contributed by atoms with Crippen LogP contribution in [0.5, 0.6) is 0 Å². The minimum Gasteiger partial charge on any atom is -0.481 e. The topological polar surface area (TPSA) is 209 Å². The van der Waals surface area contributed by atoms with Crippen molar-refractivity contribution in [3.05, 3.63) is 35.9 Å². The first-order valence-corrected chi connectivity index (χ1v) is 15.9. The number of amides is 1. The smallest absolute Gasteiger partial charge is 0.303 e. The number of aliphatic carboxylic acids is 1. The number of Topliss-reactive ketones (excluding diaryl/α,β-unsaturated/α-hetero) is 6. The van der Waals surface area contributed by atoms with Gasteiger partial charge in [0, 0.05) is 53.4 Å². The third-order valence-electron chi connectivity index (χ3n) is 6.10. The van der Waals surface area contributed by atoms with Gasteiger partial charge in [0.05, 0.1) is 24.7 Å². The zero-order valence-corrected chi connectivity index (χ0v) is 30.6. The van der Waals surface area contributed by atoms with Gasteiger partial charge in [-0.3, -0.25) is 24.0 Å². The second-order valence-electron chi connectivity index (χ2n) is 12.5. The Labute approximate surface area is 300 Å². The zero-order valence-electron chi connectivity index (χ0n) is 30.6. The Morgan fingerprint density at radius 1 is 0.540 bits per heavy atom. The van der Waals surface area contributed by atoms with Crippen LogP contribution in [0.4, 0.5) is 0 Å². The summed E-state index contributed by atoms with van der Waals surface area (Å²) in [4.78, 5) is 84.7. The standard InChI is InChI=1S/C14H19NO3.C8H14O2.2C7H12O3.CH4.B/c1-10(16)8-13(17)9-14(18)15-11(2)12-6-4-3-5-7-12;1-6(4-7(2)9)5-8(3)10;1-5(8)3-7(10)4-6(2)9;1-5(3-6(2)8)4-7(9)10;;/h3-7,11,13,17H,8-9H2,1-2H3,(H,15,18);6H,4-5H2,1-3H3;7,10H,3-4H2,1-2H3;5H,3-4H2,1-2H3,(H,9,10);1H4;/t11?,13-;;;5-;;/m0..0../s1. The summed E-state index contributed by atoms with van der Waals surface area (Å²) in [5.74, 6) is -0.830. The summed E-state index contributed by atoms with van der Waals surface area (Å²) in [6.45, 7) is 14.3. The highest BCUT2D eigenvalue weighted by Crippen LogP contribution is 2.12. The van der Waals surface area contributed by atoms with Crippen LogP contribution in [0.3, 0.4) is 0 Å². The van der Waals surface area contributed by atoms with Gasteiger partial charge in [0.25, 0.3) is 0 Å². The fourth-order valence-electron chi connectivity index (χ4n) is 4.39. The van der Waals surface area contributed by atoms with Crippen LogP contribution in [-0.4, -0.2) is 82.5 Å². The molecule has 0 aromatic heterocycles. The van der Waals surface area contributed by atoms with Crippen LogP contribution >= 0.6 is 0 Å². The molecule has 0 bridgehead atoms. The number of hydrogen-bond acceptors (Lipinski definition) is 10.